The minimum atomic E-state index is -0.944. The van der Waals surface area contributed by atoms with E-state index in [2.05, 4.69) is 5.32 Å². The third-order valence-electron chi connectivity index (χ3n) is 3.18. The highest BCUT2D eigenvalue weighted by atomic mass is 32.2. The molecule has 0 radical (unpaired) electrons. The van der Waals surface area contributed by atoms with Crippen molar-refractivity contribution in [2.45, 2.75) is 25.4 Å². The van der Waals surface area contributed by atoms with Crippen LogP contribution in [0, 0.1) is 0 Å². The number of carboxylic acid groups (broad SMARTS) is 1. The number of benzene rings is 1. The molecular weight excluding hydrogens is 276 g/mol. The van der Waals surface area contributed by atoms with E-state index >= 15 is 0 Å². The van der Waals surface area contributed by atoms with E-state index in [0.29, 0.717) is 11.6 Å². The Morgan fingerprint density at radius 3 is 2.80 bits per heavy atom. The molecule has 20 heavy (non-hydrogen) atoms. The molecule has 1 aliphatic rings. The maximum Gasteiger partial charge on any atom is 0.327 e. The van der Waals surface area contributed by atoms with Gasteiger partial charge >= 0.3 is 12.0 Å². The van der Waals surface area contributed by atoms with Crippen LogP contribution in [0.5, 0.6) is 0 Å². The van der Waals surface area contributed by atoms with Gasteiger partial charge in [0.15, 0.2) is 0 Å². The molecule has 6 heteroatoms. The second-order valence-electron chi connectivity index (χ2n) is 4.86. The monoisotopic (exact) mass is 294 g/mol. The van der Waals surface area contributed by atoms with E-state index in [1.165, 1.54) is 16.7 Å². The van der Waals surface area contributed by atoms with E-state index in [9.17, 15) is 9.59 Å². The van der Waals surface area contributed by atoms with Gasteiger partial charge in [-0.3, -0.25) is 0 Å². The molecule has 5 nitrogen and oxygen atoms in total. The molecule has 2 rings (SSSR count). The Hall–Kier alpha value is -1.69. The molecule has 2 atom stereocenters. The number of thioether (sulfide) groups is 1. The lowest BCUT2D eigenvalue weighted by Crippen LogP contribution is -2.49. The number of aliphatic carboxylic acids is 1. The van der Waals surface area contributed by atoms with Gasteiger partial charge in [-0.25, -0.2) is 9.59 Å². The van der Waals surface area contributed by atoms with Crippen LogP contribution in [0.3, 0.4) is 0 Å². The summed E-state index contributed by atoms with van der Waals surface area (Å²) in [5.74, 6) is -0.0581. The number of urea groups is 1. The van der Waals surface area contributed by atoms with Gasteiger partial charge in [-0.05, 0) is 18.9 Å². The Morgan fingerprint density at radius 1 is 1.45 bits per heavy atom. The van der Waals surface area contributed by atoms with Gasteiger partial charge in [0, 0.05) is 11.8 Å². The summed E-state index contributed by atoms with van der Waals surface area (Å²) >= 11 is 1.46. The highest BCUT2D eigenvalue weighted by Crippen LogP contribution is 2.21. The first-order valence-electron chi connectivity index (χ1n) is 6.49. The summed E-state index contributed by atoms with van der Waals surface area (Å²) in [5, 5.41) is 11.9. The first-order chi connectivity index (χ1) is 9.58. The van der Waals surface area contributed by atoms with E-state index in [1.807, 2.05) is 37.3 Å². The summed E-state index contributed by atoms with van der Waals surface area (Å²) in [5.41, 5.74) is 1.14. The number of rotatable bonds is 4. The third kappa shape index (κ3) is 3.66. The summed E-state index contributed by atoms with van der Waals surface area (Å²) in [4.78, 5) is 24.5. The molecule has 1 fully saturated rings. The topological polar surface area (TPSA) is 69.6 Å². The Morgan fingerprint density at radius 2 is 2.15 bits per heavy atom. The van der Waals surface area contributed by atoms with E-state index < -0.39 is 12.0 Å². The molecule has 0 saturated carbocycles. The molecule has 2 N–H and O–H groups in total. The molecule has 108 valence electrons. The van der Waals surface area contributed by atoms with Crippen LogP contribution in [0.15, 0.2) is 30.3 Å². The van der Waals surface area contributed by atoms with Gasteiger partial charge < -0.3 is 15.3 Å². The predicted molar refractivity (Wildman–Crippen MR) is 78.7 cm³/mol. The lowest BCUT2D eigenvalue weighted by Gasteiger charge is -2.23. The fraction of sp³-hybridized carbons (Fsp3) is 0.429. The van der Waals surface area contributed by atoms with Gasteiger partial charge in [0.1, 0.15) is 6.04 Å². The lowest BCUT2D eigenvalue weighted by atomic mass is 10.1. The lowest BCUT2D eigenvalue weighted by molar-refractivity contribution is -0.140. The zero-order chi connectivity index (χ0) is 14.5. The van der Waals surface area contributed by atoms with Crippen LogP contribution < -0.4 is 5.32 Å². The van der Waals surface area contributed by atoms with Crippen molar-refractivity contribution in [1.29, 1.82) is 0 Å². The molecule has 1 unspecified atom stereocenters. The van der Waals surface area contributed by atoms with Crippen LogP contribution in [-0.2, 0) is 11.2 Å². The van der Waals surface area contributed by atoms with Crippen molar-refractivity contribution in [2.24, 2.45) is 0 Å². The maximum absolute atomic E-state index is 12.1. The summed E-state index contributed by atoms with van der Waals surface area (Å²) < 4.78 is 0. The third-order valence-corrected chi connectivity index (χ3v) is 4.20. The Kier molecular flexibility index (Phi) is 4.89. The minimum Gasteiger partial charge on any atom is -0.480 e. The van der Waals surface area contributed by atoms with Gasteiger partial charge in [-0.2, -0.15) is 0 Å². The summed E-state index contributed by atoms with van der Waals surface area (Å²) in [6.45, 7) is 1.92. The van der Waals surface area contributed by atoms with E-state index in [1.54, 1.807) is 0 Å². The van der Waals surface area contributed by atoms with Crippen molar-refractivity contribution >= 4 is 23.8 Å². The molecule has 0 aliphatic carbocycles. The molecule has 0 spiro atoms. The number of amides is 2. The second kappa shape index (κ2) is 6.65. The average molecular weight is 294 g/mol. The van der Waals surface area contributed by atoms with Crippen LogP contribution in [0.1, 0.15) is 12.5 Å². The van der Waals surface area contributed by atoms with Gasteiger partial charge in [0.25, 0.3) is 0 Å². The summed E-state index contributed by atoms with van der Waals surface area (Å²) in [6, 6.07) is 8.83. The van der Waals surface area contributed by atoms with Crippen LogP contribution in [-0.4, -0.2) is 45.7 Å². The van der Waals surface area contributed by atoms with Gasteiger partial charge in [-0.15, -0.1) is 11.8 Å². The van der Waals surface area contributed by atoms with Crippen molar-refractivity contribution in [3.8, 4) is 0 Å². The second-order valence-corrected chi connectivity index (χ2v) is 5.86. The normalized spacial score (nSPS) is 19.6. The highest BCUT2D eigenvalue weighted by Gasteiger charge is 2.34. The van der Waals surface area contributed by atoms with Crippen molar-refractivity contribution < 1.29 is 14.7 Å². The molecule has 1 aromatic rings. The Labute approximate surface area is 122 Å². The summed E-state index contributed by atoms with van der Waals surface area (Å²) in [7, 11) is 0. The molecule has 0 aromatic heterocycles. The zero-order valence-corrected chi connectivity index (χ0v) is 12.1. The number of nitrogens with one attached hydrogen (secondary N) is 1. The molecule has 2 amide bonds. The van der Waals surface area contributed by atoms with E-state index in [4.69, 9.17) is 5.11 Å². The number of carbonyl (C=O) groups is 2. The average Bonchev–Trinajstić information content (AvgIpc) is 2.89. The van der Waals surface area contributed by atoms with Gasteiger partial charge in [0.2, 0.25) is 0 Å². The molecule has 1 aromatic carbocycles. The fourth-order valence-corrected chi connectivity index (χ4v) is 3.30. The van der Waals surface area contributed by atoms with Crippen molar-refractivity contribution in [1.82, 2.24) is 10.2 Å². The number of hydrogen-bond donors (Lipinski definition) is 2. The number of hydrogen-bond acceptors (Lipinski definition) is 3. The number of carboxylic acids is 1. The summed E-state index contributed by atoms with van der Waals surface area (Å²) in [6.07, 6.45) is 0.727. The largest absolute Gasteiger partial charge is 0.480 e. The Bertz CT molecular complexity index is 481. The SMILES string of the molecule is CC(Cc1ccccc1)NC(=O)N1CSC[C@H]1C(=O)O. The smallest absolute Gasteiger partial charge is 0.327 e. The number of nitrogens with zero attached hydrogens (tertiary/aromatic N) is 1. The fourth-order valence-electron chi connectivity index (χ4n) is 2.16. The van der Waals surface area contributed by atoms with Crippen molar-refractivity contribution in [3.05, 3.63) is 35.9 Å². The minimum absolute atomic E-state index is 0.0371. The Balaban J connectivity index is 1.89. The first kappa shape index (κ1) is 14.7. The molecular formula is C14H18N2O3S. The highest BCUT2D eigenvalue weighted by molar-refractivity contribution is 7.99. The molecule has 1 aliphatic heterocycles. The van der Waals surface area contributed by atoms with Crippen LogP contribution in [0.4, 0.5) is 4.79 Å². The standard InChI is InChI=1S/C14H18N2O3S/c1-10(7-11-5-3-2-4-6-11)15-14(19)16-9-20-8-12(16)13(17)18/h2-6,10,12H,7-9H2,1H3,(H,15,19)(H,17,18)/t10?,12-/m0/s1. The molecule has 1 saturated heterocycles. The van der Waals surface area contributed by atoms with Crippen molar-refractivity contribution in [2.75, 3.05) is 11.6 Å². The predicted octanol–water partition coefficient (Wildman–Crippen LogP) is 1.79. The van der Waals surface area contributed by atoms with Gasteiger partial charge in [-0.1, -0.05) is 30.3 Å². The molecule has 1 heterocycles. The van der Waals surface area contributed by atoms with Crippen LogP contribution in [0.25, 0.3) is 0 Å². The van der Waals surface area contributed by atoms with Crippen LogP contribution >= 0.6 is 11.8 Å². The van der Waals surface area contributed by atoms with E-state index in [-0.39, 0.29) is 12.1 Å². The molecule has 0 bridgehead atoms. The van der Waals surface area contributed by atoms with Crippen molar-refractivity contribution in [3.63, 3.8) is 0 Å². The first-order valence-corrected chi connectivity index (χ1v) is 7.65. The van der Waals surface area contributed by atoms with Crippen LogP contribution in [0.2, 0.25) is 0 Å². The maximum atomic E-state index is 12.1. The zero-order valence-electron chi connectivity index (χ0n) is 11.3. The number of carbonyl (C=O) groups excluding carboxylic acids is 1. The van der Waals surface area contributed by atoms with E-state index in [0.717, 1.165) is 12.0 Å². The quantitative estimate of drug-likeness (QED) is 0.888. The van der Waals surface area contributed by atoms with Gasteiger partial charge in [0.05, 0.1) is 5.88 Å².